The molecule has 2 rings (SSSR count). The predicted octanol–water partition coefficient (Wildman–Crippen LogP) is 1.96. The Morgan fingerprint density at radius 3 is 2.75 bits per heavy atom. The Labute approximate surface area is 122 Å². The van der Waals surface area contributed by atoms with Gasteiger partial charge in [0.2, 0.25) is 5.91 Å². The molecule has 0 aliphatic carbocycles. The monoisotopic (exact) mass is 290 g/mol. The number of aromatic nitrogens is 2. The van der Waals surface area contributed by atoms with Gasteiger partial charge in [-0.05, 0) is 24.0 Å². The quantitative estimate of drug-likeness (QED) is 0.799. The molecule has 0 atom stereocenters. The molecule has 0 fully saturated rings. The van der Waals surface area contributed by atoms with Crippen LogP contribution < -0.4 is 10.6 Å². The summed E-state index contributed by atoms with van der Waals surface area (Å²) in [6.45, 7) is 0.973. The molecule has 0 radical (unpaired) electrons. The zero-order valence-corrected chi connectivity index (χ0v) is 12.4. The molecule has 0 aliphatic heterocycles. The average Bonchev–Trinajstić information content (AvgIpc) is 2.93. The maximum Gasteiger partial charge on any atom is 0.241 e. The number of carbonyl (C=O) groups excluding carboxylic acids is 1. The number of hydrogen-bond acceptors (Lipinski definition) is 4. The number of thioether (sulfide) groups is 1. The lowest BCUT2D eigenvalue weighted by atomic mass is 10.2. The van der Waals surface area contributed by atoms with Gasteiger partial charge in [-0.25, -0.2) is 0 Å². The summed E-state index contributed by atoms with van der Waals surface area (Å²) < 4.78 is 1.61. The van der Waals surface area contributed by atoms with E-state index in [2.05, 4.69) is 46.3 Å². The van der Waals surface area contributed by atoms with E-state index in [9.17, 15) is 4.79 Å². The van der Waals surface area contributed by atoms with Gasteiger partial charge in [-0.1, -0.05) is 12.1 Å². The Hall–Kier alpha value is -1.95. The number of anilines is 1. The van der Waals surface area contributed by atoms with Crippen LogP contribution in [0.15, 0.2) is 41.6 Å². The van der Waals surface area contributed by atoms with Crippen LogP contribution in [0.5, 0.6) is 0 Å². The molecule has 106 valence electrons. The summed E-state index contributed by atoms with van der Waals surface area (Å²) in [5, 5.41) is 9.99. The van der Waals surface area contributed by atoms with Crippen molar-refractivity contribution in [1.82, 2.24) is 15.1 Å². The summed E-state index contributed by atoms with van der Waals surface area (Å²) in [4.78, 5) is 12.5. The molecule has 6 heteroatoms. The van der Waals surface area contributed by atoms with Crippen LogP contribution in [0.1, 0.15) is 5.56 Å². The zero-order valence-electron chi connectivity index (χ0n) is 11.6. The normalized spacial score (nSPS) is 10.3. The van der Waals surface area contributed by atoms with Gasteiger partial charge in [-0.2, -0.15) is 5.10 Å². The van der Waals surface area contributed by atoms with Crippen molar-refractivity contribution < 1.29 is 4.79 Å². The van der Waals surface area contributed by atoms with Gasteiger partial charge in [0.15, 0.2) is 0 Å². The fourth-order valence-electron chi connectivity index (χ4n) is 1.72. The Kier molecular flexibility index (Phi) is 5.06. The summed E-state index contributed by atoms with van der Waals surface area (Å²) in [6, 6.07) is 8.43. The number of hydrogen-bond donors (Lipinski definition) is 2. The molecule has 5 nitrogen and oxygen atoms in total. The topological polar surface area (TPSA) is 59.0 Å². The van der Waals surface area contributed by atoms with Crippen LogP contribution in [0.4, 0.5) is 5.69 Å². The van der Waals surface area contributed by atoms with Gasteiger partial charge >= 0.3 is 0 Å². The SMILES string of the molecule is CNC(=O)Cn1cc(NCc2ccc(SC)cc2)cn1. The summed E-state index contributed by atoms with van der Waals surface area (Å²) in [5.74, 6) is -0.0627. The first kappa shape index (κ1) is 14.5. The summed E-state index contributed by atoms with van der Waals surface area (Å²) in [7, 11) is 1.61. The minimum absolute atomic E-state index is 0.0627. The second-order valence-electron chi connectivity index (χ2n) is 4.30. The molecular weight excluding hydrogens is 272 g/mol. The van der Waals surface area contributed by atoms with Crippen molar-refractivity contribution in [2.24, 2.45) is 0 Å². The van der Waals surface area contributed by atoms with E-state index in [-0.39, 0.29) is 12.5 Å². The average molecular weight is 290 g/mol. The van der Waals surface area contributed by atoms with Gasteiger partial charge in [0.1, 0.15) is 6.54 Å². The Morgan fingerprint density at radius 1 is 1.35 bits per heavy atom. The lowest BCUT2D eigenvalue weighted by Gasteiger charge is -2.04. The minimum atomic E-state index is -0.0627. The van der Waals surface area contributed by atoms with Crippen LogP contribution in [0.25, 0.3) is 0 Å². The highest BCUT2D eigenvalue weighted by Gasteiger charge is 2.02. The van der Waals surface area contributed by atoms with Crippen molar-refractivity contribution in [2.75, 3.05) is 18.6 Å². The maximum atomic E-state index is 11.2. The van der Waals surface area contributed by atoms with E-state index in [0.717, 1.165) is 12.2 Å². The number of amides is 1. The van der Waals surface area contributed by atoms with E-state index in [4.69, 9.17) is 0 Å². The van der Waals surface area contributed by atoms with E-state index in [1.54, 1.807) is 29.7 Å². The highest BCUT2D eigenvalue weighted by molar-refractivity contribution is 7.98. The molecule has 1 amide bonds. The minimum Gasteiger partial charge on any atom is -0.378 e. The van der Waals surface area contributed by atoms with Gasteiger partial charge in [-0.3, -0.25) is 9.48 Å². The summed E-state index contributed by atoms with van der Waals surface area (Å²) in [6.07, 6.45) is 5.61. The van der Waals surface area contributed by atoms with E-state index in [1.807, 2.05) is 6.20 Å². The van der Waals surface area contributed by atoms with Crippen molar-refractivity contribution >= 4 is 23.4 Å². The molecule has 0 spiro atoms. The smallest absolute Gasteiger partial charge is 0.241 e. The number of benzene rings is 1. The molecule has 1 heterocycles. The third-order valence-electron chi connectivity index (χ3n) is 2.87. The van der Waals surface area contributed by atoms with Gasteiger partial charge in [-0.15, -0.1) is 11.8 Å². The largest absolute Gasteiger partial charge is 0.378 e. The second-order valence-corrected chi connectivity index (χ2v) is 5.18. The molecular formula is C14H18N4OS. The maximum absolute atomic E-state index is 11.2. The first-order chi connectivity index (χ1) is 9.71. The van der Waals surface area contributed by atoms with Crippen LogP contribution in [0, 0.1) is 0 Å². The van der Waals surface area contributed by atoms with Crippen LogP contribution in [0.2, 0.25) is 0 Å². The van der Waals surface area contributed by atoms with Crippen molar-refractivity contribution in [3.8, 4) is 0 Å². The number of nitrogens with one attached hydrogen (secondary N) is 2. The first-order valence-corrected chi connectivity index (χ1v) is 7.53. The summed E-state index contributed by atoms with van der Waals surface area (Å²) in [5.41, 5.74) is 2.12. The van der Waals surface area contributed by atoms with E-state index in [1.165, 1.54) is 10.5 Å². The molecule has 0 saturated heterocycles. The van der Waals surface area contributed by atoms with Crippen molar-refractivity contribution in [1.29, 1.82) is 0 Å². The molecule has 1 aromatic heterocycles. The Bertz CT molecular complexity index is 565. The van der Waals surface area contributed by atoms with Gasteiger partial charge in [0, 0.05) is 24.7 Å². The van der Waals surface area contributed by atoms with Gasteiger partial charge in [0.25, 0.3) is 0 Å². The third kappa shape index (κ3) is 4.03. The van der Waals surface area contributed by atoms with Crippen LogP contribution in [-0.2, 0) is 17.9 Å². The number of nitrogens with zero attached hydrogens (tertiary/aromatic N) is 2. The van der Waals surface area contributed by atoms with Crippen molar-refractivity contribution in [3.05, 3.63) is 42.2 Å². The number of likely N-dealkylation sites (N-methyl/N-ethyl adjacent to an activating group) is 1. The van der Waals surface area contributed by atoms with E-state index in [0.29, 0.717) is 0 Å². The molecule has 2 aromatic rings. The predicted molar refractivity (Wildman–Crippen MR) is 81.8 cm³/mol. The molecule has 20 heavy (non-hydrogen) atoms. The second kappa shape index (κ2) is 7.00. The van der Waals surface area contributed by atoms with Crippen molar-refractivity contribution in [3.63, 3.8) is 0 Å². The van der Waals surface area contributed by atoms with Crippen molar-refractivity contribution in [2.45, 2.75) is 18.0 Å². The molecule has 0 saturated carbocycles. The highest BCUT2D eigenvalue weighted by atomic mass is 32.2. The molecule has 2 N–H and O–H groups in total. The molecule has 0 bridgehead atoms. The van der Waals surface area contributed by atoms with E-state index < -0.39 is 0 Å². The first-order valence-electron chi connectivity index (χ1n) is 6.31. The fraction of sp³-hybridized carbons (Fsp3) is 0.286. The van der Waals surface area contributed by atoms with Crippen LogP contribution >= 0.6 is 11.8 Å². The Morgan fingerprint density at radius 2 is 2.10 bits per heavy atom. The number of carbonyl (C=O) groups is 1. The molecule has 0 aliphatic rings. The standard InChI is InChI=1S/C14H18N4OS/c1-15-14(19)10-18-9-12(8-17-18)16-7-11-3-5-13(20-2)6-4-11/h3-6,8-9,16H,7,10H2,1-2H3,(H,15,19). The van der Waals surface area contributed by atoms with Crippen LogP contribution in [-0.4, -0.2) is 29.0 Å². The van der Waals surface area contributed by atoms with Gasteiger partial charge in [0.05, 0.1) is 11.9 Å². The third-order valence-corrected chi connectivity index (χ3v) is 3.62. The van der Waals surface area contributed by atoms with Gasteiger partial charge < -0.3 is 10.6 Å². The molecule has 0 unspecified atom stereocenters. The number of rotatable bonds is 6. The highest BCUT2D eigenvalue weighted by Crippen LogP contribution is 2.15. The lowest BCUT2D eigenvalue weighted by Crippen LogP contribution is -2.23. The summed E-state index contributed by atoms with van der Waals surface area (Å²) >= 11 is 1.73. The zero-order chi connectivity index (χ0) is 14.4. The Balaban J connectivity index is 1.88. The van der Waals surface area contributed by atoms with Crippen LogP contribution in [0.3, 0.4) is 0 Å². The lowest BCUT2D eigenvalue weighted by molar-refractivity contribution is -0.121. The molecule has 1 aromatic carbocycles. The van der Waals surface area contributed by atoms with E-state index >= 15 is 0 Å². The fourth-order valence-corrected chi connectivity index (χ4v) is 2.12.